The summed E-state index contributed by atoms with van der Waals surface area (Å²) in [7, 11) is 0. The molecule has 0 radical (unpaired) electrons. The maximum absolute atomic E-state index is 12.8. The highest BCUT2D eigenvalue weighted by atomic mass is 19.4. The van der Waals surface area contributed by atoms with Gasteiger partial charge in [0.2, 0.25) is 0 Å². The van der Waals surface area contributed by atoms with E-state index in [-0.39, 0.29) is 0 Å². The molecule has 3 rings (SSSR count). The minimum Gasteiger partial charge on any atom is -0.397 e. The van der Waals surface area contributed by atoms with Crippen molar-refractivity contribution in [3.8, 4) is 0 Å². The number of likely N-dealkylation sites (tertiary alicyclic amines) is 1. The van der Waals surface area contributed by atoms with Crippen LogP contribution in [0.5, 0.6) is 0 Å². The molecular weight excluding hydrogens is 279 g/mol. The first kappa shape index (κ1) is 14.5. The first-order valence-electron chi connectivity index (χ1n) is 7.41. The maximum atomic E-state index is 12.8. The van der Waals surface area contributed by atoms with E-state index in [9.17, 15) is 13.2 Å². The van der Waals surface area contributed by atoms with Crippen LogP contribution in [0.3, 0.4) is 0 Å². The third-order valence-corrected chi connectivity index (χ3v) is 4.57. The maximum Gasteiger partial charge on any atom is 0.416 e. The molecule has 1 aromatic rings. The Morgan fingerprint density at radius 1 is 1.05 bits per heavy atom. The molecule has 2 aliphatic heterocycles. The lowest BCUT2D eigenvalue weighted by Crippen LogP contribution is -2.50. The fourth-order valence-electron chi connectivity index (χ4n) is 3.17. The highest BCUT2D eigenvalue weighted by Crippen LogP contribution is 2.35. The zero-order valence-corrected chi connectivity index (χ0v) is 11.9. The summed E-state index contributed by atoms with van der Waals surface area (Å²) in [6.45, 7) is 3.87. The molecule has 0 unspecified atom stereocenters. The molecule has 0 atom stereocenters. The van der Waals surface area contributed by atoms with Crippen molar-refractivity contribution in [2.24, 2.45) is 0 Å². The van der Waals surface area contributed by atoms with Gasteiger partial charge in [0.15, 0.2) is 0 Å². The SMILES string of the molecule is Nc1ccc(C(F)(F)F)cc1N1CCC(N2CCC2)CC1. The lowest BCUT2D eigenvalue weighted by molar-refractivity contribution is -0.137. The Kier molecular flexibility index (Phi) is 3.73. The van der Waals surface area contributed by atoms with Crippen molar-refractivity contribution in [2.45, 2.75) is 31.5 Å². The number of anilines is 2. The number of alkyl halides is 3. The van der Waals surface area contributed by atoms with Gasteiger partial charge in [0, 0.05) is 19.1 Å². The highest BCUT2D eigenvalue weighted by Gasteiger charge is 2.32. The lowest BCUT2D eigenvalue weighted by Gasteiger charge is -2.43. The minimum atomic E-state index is -4.32. The van der Waals surface area contributed by atoms with Crippen molar-refractivity contribution >= 4 is 11.4 Å². The Morgan fingerprint density at radius 3 is 2.24 bits per heavy atom. The summed E-state index contributed by atoms with van der Waals surface area (Å²) in [6.07, 6.45) is -1.06. The molecular formula is C15H20F3N3. The second kappa shape index (κ2) is 5.40. The second-order valence-electron chi connectivity index (χ2n) is 5.88. The quantitative estimate of drug-likeness (QED) is 0.852. The van der Waals surface area contributed by atoms with Crippen LogP contribution in [0.15, 0.2) is 18.2 Å². The average Bonchev–Trinajstić information content (AvgIpc) is 2.37. The molecule has 0 aliphatic carbocycles. The van der Waals surface area contributed by atoms with E-state index >= 15 is 0 Å². The molecule has 116 valence electrons. The van der Waals surface area contributed by atoms with Crippen LogP contribution in [0, 0.1) is 0 Å². The summed E-state index contributed by atoms with van der Waals surface area (Å²) in [6, 6.07) is 4.17. The van der Waals surface area contributed by atoms with Gasteiger partial charge in [-0.15, -0.1) is 0 Å². The first-order chi connectivity index (χ1) is 9.95. The molecule has 2 N–H and O–H groups in total. The fraction of sp³-hybridized carbons (Fsp3) is 0.600. The van der Waals surface area contributed by atoms with Crippen LogP contribution in [0.1, 0.15) is 24.8 Å². The molecule has 2 heterocycles. The van der Waals surface area contributed by atoms with Gasteiger partial charge in [0.1, 0.15) is 0 Å². The summed E-state index contributed by atoms with van der Waals surface area (Å²) < 4.78 is 38.5. The summed E-state index contributed by atoms with van der Waals surface area (Å²) in [5.41, 5.74) is 6.19. The number of halogens is 3. The van der Waals surface area contributed by atoms with E-state index in [1.807, 2.05) is 4.90 Å². The number of rotatable bonds is 2. The van der Waals surface area contributed by atoms with Crippen molar-refractivity contribution in [1.82, 2.24) is 4.90 Å². The smallest absolute Gasteiger partial charge is 0.397 e. The highest BCUT2D eigenvalue weighted by molar-refractivity contribution is 5.69. The summed E-state index contributed by atoms with van der Waals surface area (Å²) in [4.78, 5) is 4.45. The second-order valence-corrected chi connectivity index (χ2v) is 5.88. The van der Waals surface area contributed by atoms with Crippen LogP contribution < -0.4 is 10.6 Å². The van der Waals surface area contributed by atoms with Gasteiger partial charge >= 0.3 is 6.18 Å². The Bertz CT molecular complexity index is 503. The Morgan fingerprint density at radius 2 is 1.71 bits per heavy atom. The van der Waals surface area contributed by atoms with E-state index in [1.54, 1.807) is 0 Å². The Labute approximate surface area is 122 Å². The summed E-state index contributed by atoms with van der Waals surface area (Å²) in [5, 5.41) is 0. The largest absolute Gasteiger partial charge is 0.416 e. The Hall–Kier alpha value is -1.43. The van der Waals surface area contributed by atoms with Gasteiger partial charge in [-0.1, -0.05) is 0 Å². The van der Waals surface area contributed by atoms with E-state index in [1.165, 1.54) is 18.6 Å². The van der Waals surface area contributed by atoms with E-state index in [0.717, 1.165) is 45.1 Å². The van der Waals surface area contributed by atoms with Gasteiger partial charge in [-0.05, 0) is 50.6 Å². The molecule has 2 fully saturated rings. The van der Waals surface area contributed by atoms with Crippen molar-refractivity contribution in [3.05, 3.63) is 23.8 Å². The van der Waals surface area contributed by atoms with Crippen LogP contribution >= 0.6 is 0 Å². The van der Waals surface area contributed by atoms with Crippen molar-refractivity contribution < 1.29 is 13.2 Å². The van der Waals surface area contributed by atoms with E-state index in [0.29, 0.717) is 17.4 Å². The monoisotopic (exact) mass is 299 g/mol. The number of nitrogen functional groups attached to an aromatic ring is 1. The van der Waals surface area contributed by atoms with Gasteiger partial charge in [-0.3, -0.25) is 0 Å². The van der Waals surface area contributed by atoms with Crippen molar-refractivity contribution in [3.63, 3.8) is 0 Å². The fourth-order valence-corrected chi connectivity index (χ4v) is 3.17. The van der Waals surface area contributed by atoms with E-state index < -0.39 is 11.7 Å². The molecule has 0 aromatic heterocycles. The topological polar surface area (TPSA) is 32.5 Å². The van der Waals surface area contributed by atoms with E-state index in [4.69, 9.17) is 5.73 Å². The third-order valence-electron chi connectivity index (χ3n) is 4.57. The standard InChI is InChI=1S/C15H20F3N3/c16-15(17,18)11-2-3-13(19)14(10-11)21-8-4-12(5-9-21)20-6-1-7-20/h2-3,10,12H,1,4-9,19H2. The number of benzene rings is 1. The zero-order valence-electron chi connectivity index (χ0n) is 11.9. The molecule has 0 spiro atoms. The zero-order chi connectivity index (χ0) is 15.0. The van der Waals surface area contributed by atoms with Crippen molar-refractivity contribution in [2.75, 3.05) is 36.8 Å². The van der Waals surface area contributed by atoms with Gasteiger partial charge in [-0.25, -0.2) is 0 Å². The molecule has 0 amide bonds. The number of nitrogens with zero attached hydrogens (tertiary/aromatic N) is 2. The molecule has 1 aromatic carbocycles. The van der Waals surface area contributed by atoms with Gasteiger partial charge < -0.3 is 15.5 Å². The molecule has 2 aliphatic rings. The third kappa shape index (κ3) is 2.95. The van der Waals surface area contributed by atoms with Crippen LogP contribution in [0.4, 0.5) is 24.5 Å². The average molecular weight is 299 g/mol. The van der Waals surface area contributed by atoms with Crippen LogP contribution in [0.2, 0.25) is 0 Å². The predicted octanol–water partition coefficient (Wildman–Crippen LogP) is 2.96. The molecule has 2 saturated heterocycles. The van der Waals surface area contributed by atoms with Gasteiger partial charge in [0.05, 0.1) is 16.9 Å². The van der Waals surface area contributed by atoms with Gasteiger partial charge in [0.25, 0.3) is 0 Å². The Balaban J connectivity index is 1.72. The molecule has 21 heavy (non-hydrogen) atoms. The number of hydrogen-bond acceptors (Lipinski definition) is 3. The minimum absolute atomic E-state index is 0.422. The number of piperidine rings is 1. The normalized spacial score (nSPS) is 21.4. The van der Waals surface area contributed by atoms with E-state index in [2.05, 4.69) is 4.90 Å². The summed E-state index contributed by atoms with van der Waals surface area (Å²) >= 11 is 0. The predicted molar refractivity (Wildman–Crippen MR) is 77.3 cm³/mol. The van der Waals surface area contributed by atoms with Gasteiger partial charge in [-0.2, -0.15) is 13.2 Å². The van der Waals surface area contributed by atoms with Crippen LogP contribution in [0.25, 0.3) is 0 Å². The lowest BCUT2D eigenvalue weighted by atomic mass is 9.99. The number of nitrogens with two attached hydrogens (primary N) is 1. The van der Waals surface area contributed by atoms with Crippen molar-refractivity contribution in [1.29, 1.82) is 0 Å². The molecule has 3 nitrogen and oxygen atoms in total. The van der Waals surface area contributed by atoms with Crippen LogP contribution in [-0.4, -0.2) is 37.1 Å². The molecule has 0 saturated carbocycles. The first-order valence-corrected chi connectivity index (χ1v) is 7.41. The number of hydrogen-bond donors (Lipinski definition) is 1. The summed E-state index contributed by atoms with van der Waals surface area (Å²) in [5.74, 6) is 0. The van der Waals surface area contributed by atoms with Crippen LogP contribution in [-0.2, 0) is 6.18 Å². The molecule has 6 heteroatoms. The molecule has 0 bridgehead atoms.